The van der Waals surface area contributed by atoms with Crippen molar-refractivity contribution in [1.82, 2.24) is 50.0 Å². The number of aromatic amines is 2. The fraction of sp³-hybridized carbons (Fsp3) is 0.349. The maximum absolute atomic E-state index is 12.4. The molecule has 22 nitrogen and oxygen atoms in total. The van der Waals surface area contributed by atoms with E-state index in [0.29, 0.717) is 92.0 Å². The molecule has 2 amide bonds. The first-order valence-corrected chi connectivity index (χ1v) is 42.8. The highest BCUT2D eigenvalue weighted by Crippen LogP contribution is 2.35. The number of ether oxygens (including phenoxy) is 5. The molecule has 0 radical (unpaired) electrons. The van der Waals surface area contributed by atoms with Gasteiger partial charge in [0.2, 0.25) is 0 Å². The minimum Gasteiger partial charge on any atom is -0.508 e. The van der Waals surface area contributed by atoms with Crippen molar-refractivity contribution < 1.29 is 48.0 Å². The largest absolute Gasteiger partial charge is 0.508 e. The number of imidazole rings is 2. The first-order valence-electron chi connectivity index (χ1n) is 41.7. The highest BCUT2D eigenvalue weighted by atomic mass is 79.9. The number of carbonyl (C=O) groups excluding carboxylic acids is 4. The minimum atomic E-state index is -0.476. The first-order chi connectivity index (χ1) is 59.2. The molecule has 688 valence electrons. The molecular weight excluding hydrogens is 1680 g/mol. The SMILES string of the molecule is C.C.C.C.C.C.CC(C)(C)OC(=O)N1CCC(c2cnc(N)c(N)c2)CC1.Cc1ccc(CBr)cc1.Cc1ccc(COc2ccc(-c3nc4ncc(C5CCN(C(=O)OC(C)(C)C)CC5)cc4[nH]3)cc2)cc1.Cc1ccc(COc2ccc(-c3nc4ncc(C5CCNCC5)cc4[nH]3)cc2)cc1.Cc1ccc(COc2ccc(C=O)cc2)cc1.O=Cc1ccc(O)cc1. The van der Waals surface area contributed by atoms with Gasteiger partial charge < -0.3 is 65.3 Å². The number of hydrogen-bond donors (Lipinski definition) is 6. The molecule has 13 aromatic rings. The number of hydrogen-bond acceptors (Lipinski definition) is 18. The molecule has 8 N–H and O–H groups in total. The van der Waals surface area contributed by atoms with E-state index in [4.69, 9.17) is 45.2 Å². The van der Waals surface area contributed by atoms with Crippen LogP contribution in [0.5, 0.6) is 23.0 Å². The number of benzene rings is 8. The molecule has 129 heavy (non-hydrogen) atoms. The molecule has 3 fully saturated rings. The van der Waals surface area contributed by atoms with E-state index in [9.17, 15) is 19.2 Å². The topological polar surface area (TPSA) is 301 Å². The fourth-order valence-corrected chi connectivity index (χ4v) is 14.1. The molecule has 0 spiro atoms. The molecule has 8 aromatic carbocycles. The van der Waals surface area contributed by atoms with Gasteiger partial charge in [0.1, 0.15) is 84.1 Å². The van der Waals surface area contributed by atoms with Crippen molar-refractivity contribution in [1.29, 1.82) is 0 Å². The standard InChI is InChI=1S/C30H34N4O3.C25H26N4O.C15H24N4O2.C15H14O2.C8H9Br.C7H6O2.6CH4/c1-20-5-7-21(8-6-20)19-36-25-11-9-23(10-12-25)27-32-26-17-24(18-31-28(26)33-27)22-13-15-34(16-14-22)29(35)37-30(2,3)4;1-17-2-4-18(5-3-17)16-30-22-8-6-20(7-9-22)24-28-23-14-21(15-27-25(23)29-24)19-10-12-26-13-11-19;1-15(2,3)21-14(20)19-6-4-10(5-7-19)11-8-12(16)13(17)18-9-11;1-12-2-4-14(5-3-12)11-17-15-8-6-13(10-16)7-9-15;1-7-2-4-8(6-9)5-3-7;8-5-6-1-3-7(9)4-2-6;;;;;;/h5-12,17-18,22H,13-16,19H2,1-4H3,(H,31,32,33);2-9,14-15,19,26H,10-13,16H2,1H3,(H,27,28,29);8-10H,4-7,16H2,1-3H3,(H2,17,18);2-10H,11H2,1H3;2-5H,6H2,1H3;1-5,9H;6*1H4. The van der Waals surface area contributed by atoms with Crippen LogP contribution < -0.4 is 31.0 Å². The summed E-state index contributed by atoms with van der Waals surface area (Å²) in [5.41, 5.74) is 31.0. The van der Waals surface area contributed by atoms with Crippen LogP contribution in [0.1, 0.15) is 224 Å². The van der Waals surface area contributed by atoms with Gasteiger partial charge in [-0.3, -0.25) is 9.59 Å². The summed E-state index contributed by atoms with van der Waals surface area (Å²) in [5, 5.41) is 13.1. The molecule has 3 saturated heterocycles. The second-order valence-corrected chi connectivity index (χ2v) is 33.6. The number of rotatable bonds is 17. The Labute approximate surface area is 774 Å². The number of nitrogens with one attached hydrogen (secondary N) is 3. The lowest BCUT2D eigenvalue weighted by Crippen LogP contribution is -2.41. The lowest BCUT2D eigenvalue weighted by atomic mass is 9.90. The second-order valence-electron chi connectivity index (χ2n) is 33.1. The monoisotopic (exact) mass is 1820 g/mol. The Kier molecular flexibility index (Phi) is 43.0. The highest BCUT2D eigenvalue weighted by molar-refractivity contribution is 9.08. The van der Waals surface area contributed by atoms with Crippen LogP contribution in [-0.4, -0.2) is 125 Å². The average molecular weight is 1820 g/mol. The van der Waals surface area contributed by atoms with Gasteiger partial charge in [0.05, 0.1) is 16.7 Å². The second kappa shape index (κ2) is 51.9. The maximum atomic E-state index is 12.4. The number of aromatic nitrogens is 7. The number of likely N-dealkylation sites (tertiary alicyclic amines) is 2. The molecule has 5 aromatic heterocycles. The number of phenols is 1. The predicted molar refractivity (Wildman–Crippen MR) is 532 cm³/mol. The summed E-state index contributed by atoms with van der Waals surface area (Å²) in [7, 11) is 0. The van der Waals surface area contributed by atoms with Crippen molar-refractivity contribution in [3.05, 3.63) is 303 Å². The fourth-order valence-electron chi connectivity index (χ4n) is 13.7. The lowest BCUT2D eigenvalue weighted by Gasteiger charge is -2.33. The van der Waals surface area contributed by atoms with Crippen molar-refractivity contribution in [2.75, 3.05) is 50.7 Å². The van der Waals surface area contributed by atoms with Crippen molar-refractivity contribution in [2.45, 2.75) is 206 Å². The van der Waals surface area contributed by atoms with Crippen LogP contribution in [0, 0.1) is 27.7 Å². The van der Waals surface area contributed by atoms with E-state index >= 15 is 0 Å². The zero-order valence-electron chi connectivity index (χ0n) is 71.9. The molecule has 23 heteroatoms. The number of anilines is 2. The van der Waals surface area contributed by atoms with Gasteiger partial charge in [0.15, 0.2) is 11.3 Å². The molecular formula is C106H137BrN12O10. The summed E-state index contributed by atoms with van der Waals surface area (Å²) in [6, 6.07) is 68.9. The van der Waals surface area contributed by atoms with Crippen molar-refractivity contribution >= 4 is 74.5 Å². The van der Waals surface area contributed by atoms with Crippen LogP contribution in [-0.2, 0) is 34.6 Å². The number of piperidine rings is 3. The van der Waals surface area contributed by atoms with Crippen molar-refractivity contribution in [3.8, 4) is 45.8 Å². The molecule has 0 aliphatic carbocycles. The molecule has 0 unspecified atom stereocenters. The minimum absolute atomic E-state index is 0. The molecule has 16 rings (SSSR count). The van der Waals surface area contributed by atoms with Crippen LogP contribution in [0.15, 0.2) is 231 Å². The molecule has 0 bridgehead atoms. The number of aldehydes is 2. The highest BCUT2D eigenvalue weighted by Gasteiger charge is 2.30. The zero-order chi connectivity index (χ0) is 87.4. The molecule has 8 heterocycles. The van der Waals surface area contributed by atoms with Gasteiger partial charge in [0, 0.05) is 72.4 Å². The van der Waals surface area contributed by atoms with E-state index in [2.05, 4.69) is 188 Å². The van der Waals surface area contributed by atoms with E-state index in [1.54, 1.807) is 52.4 Å². The number of halogens is 1. The number of nitrogens with two attached hydrogens (primary N) is 2. The van der Waals surface area contributed by atoms with Crippen molar-refractivity contribution in [2.24, 2.45) is 0 Å². The number of nitrogen functional groups attached to an aromatic ring is 2. The summed E-state index contributed by atoms with van der Waals surface area (Å²) in [6.07, 6.45) is 12.6. The van der Waals surface area contributed by atoms with E-state index in [1.807, 2.05) is 109 Å². The third-order valence-corrected chi connectivity index (χ3v) is 21.5. The van der Waals surface area contributed by atoms with Crippen molar-refractivity contribution in [3.63, 3.8) is 0 Å². The third-order valence-electron chi connectivity index (χ3n) is 20.9. The molecule has 3 aliphatic heterocycles. The Morgan fingerprint density at radius 1 is 0.434 bits per heavy atom. The summed E-state index contributed by atoms with van der Waals surface area (Å²) >= 11 is 3.38. The van der Waals surface area contributed by atoms with Gasteiger partial charge in [-0.1, -0.05) is 180 Å². The zero-order valence-corrected chi connectivity index (χ0v) is 73.5. The van der Waals surface area contributed by atoms with Gasteiger partial charge in [0.25, 0.3) is 0 Å². The smallest absolute Gasteiger partial charge is 0.410 e. The summed E-state index contributed by atoms with van der Waals surface area (Å²) < 4.78 is 28.4. The van der Waals surface area contributed by atoms with Gasteiger partial charge >= 0.3 is 12.2 Å². The predicted octanol–water partition coefficient (Wildman–Crippen LogP) is 25.3. The number of carbonyl (C=O) groups is 4. The lowest BCUT2D eigenvalue weighted by molar-refractivity contribution is 0.0194. The maximum Gasteiger partial charge on any atom is 0.410 e. The Bertz CT molecular complexity index is 5500. The Morgan fingerprint density at radius 3 is 1.07 bits per heavy atom. The van der Waals surface area contributed by atoms with E-state index in [1.165, 1.54) is 51.1 Å². The quantitative estimate of drug-likeness (QED) is 0.0364. The number of phenolic OH excluding ortho intramolecular Hbond substituents is 1. The number of alkyl halides is 1. The van der Waals surface area contributed by atoms with E-state index < -0.39 is 11.2 Å². The van der Waals surface area contributed by atoms with Gasteiger partial charge in [-0.15, -0.1) is 0 Å². The number of pyridine rings is 3. The number of fused-ring (bicyclic) bond motifs is 2. The summed E-state index contributed by atoms with van der Waals surface area (Å²) in [4.78, 5) is 78.0. The number of aromatic hydroxyl groups is 1. The molecule has 0 atom stereocenters. The molecule has 3 aliphatic rings. The van der Waals surface area contributed by atoms with Crippen LogP contribution in [0.2, 0.25) is 0 Å². The number of amides is 2. The van der Waals surface area contributed by atoms with Crippen LogP contribution >= 0.6 is 15.9 Å². The first kappa shape index (κ1) is 107. The summed E-state index contributed by atoms with van der Waals surface area (Å²) in [5.74, 6) is 5.91. The number of nitrogens with zero attached hydrogens (tertiary/aromatic N) is 7. The Morgan fingerprint density at radius 2 is 0.744 bits per heavy atom. The van der Waals surface area contributed by atoms with Crippen LogP contribution in [0.4, 0.5) is 21.1 Å². The van der Waals surface area contributed by atoms with E-state index in [-0.39, 0.29) is 62.5 Å². The number of H-pyrrole nitrogens is 2. The summed E-state index contributed by atoms with van der Waals surface area (Å²) in [6.45, 7) is 26.2. The normalized spacial score (nSPS) is 13.0. The van der Waals surface area contributed by atoms with Crippen LogP contribution in [0.25, 0.3) is 45.1 Å². The van der Waals surface area contributed by atoms with Gasteiger partial charge in [-0.2, -0.15) is 0 Å². The van der Waals surface area contributed by atoms with E-state index in [0.717, 1.165) is 148 Å². The third kappa shape index (κ3) is 33.8. The number of aryl methyl sites for hydroxylation is 4. The van der Waals surface area contributed by atoms with Crippen LogP contribution in [0.3, 0.4) is 0 Å². The molecule has 0 saturated carbocycles. The van der Waals surface area contributed by atoms with Gasteiger partial charge in [-0.25, -0.2) is 34.5 Å². The Hall–Kier alpha value is -12.7. The Balaban J connectivity index is 0.000000289. The average Bonchev–Trinajstić information content (AvgIpc) is 1.67. The van der Waals surface area contributed by atoms with Gasteiger partial charge in [-0.05, 0) is 293 Å².